The Morgan fingerprint density at radius 1 is 1.13 bits per heavy atom. The highest BCUT2D eigenvalue weighted by Gasteiger charge is 2.14. The van der Waals surface area contributed by atoms with Gasteiger partial charge in [-0.3, -0.25) is 0 Å². The number of aryl methyl sites for hydroxylation is 1. The Hall–Kier alpha value is -2.89. The number of fused-ring (bicyclic) bond motifs is 1. The first-order chi connectivity index (χ1) is 11.3. The molecule has 4 rings (SSSR count). The molecule has 3 heterocycles. The molecule has 2 aromatic heterocycles. The maximum Gasteiger partial charge on any atom is 0.151 e. The van der Waals surface area contributed by atoms with Crippen LogP contribution in [-0.2, 0) is 6.42 Å². The van der Waals surface area contributed by atoms with Crippen molar-refractivity contribution in [3.8, 4) is 22.7 Å². The zero-order chi connectivity index (χ0) is 15.6. The van der Waals surface area contributed by atoms with Crippen LogP contribution in [0.5, 0.6) is 5.75 Å². The van der Waals surface area contributed by atoms with Gasteiger partial charge in [-0.05, 0) is 49.1 Å². The van der Waals surface area contributed by atoms with Crippen molar-refractivity contribution in [2.24, 2.45) is 0 Å². The lowest BCUT2D eigenvalue weighted by molar-refractivity contribution is 0.476. The zero-order valence-electron chi connectivity index (χ0n) is 12.6. The first-order valence-electron chi connectivity index (χ1n) is 7.75. The van der Waals surface area contributed by atoms with E-state index in [2.05, 4.69) is 20.6 Å². The second-order valence-electron chi connectivity index (χ2n) is 5.64. The average molecular weight is 307 g/mol. The quantitative estimate of drug-likeness (QED) is 0.761. The number of benzene rings is 1. The molecule has 1 aliphatic heterocycles. The standard InChI is InChI=1S/C17H17N5O/c23-16-11-13(22-9-3-8-19-22)5-6-14(16)15-10-12-4-1-2-7-18-17(12)21-20-15/h3,5-6,8-11,23H,1-2,4,7H2,(H,18,21). The van der Waals surface area contributed by atoms with Gasteiger partial charge < -0.3 is 10.4 Å². The molecule has 2 N–H and O–H groups in total. The van der Waals surface area contributed by atoms with E-state index in [9.17, 15) is 5.11 Å². The van der Waals surface area contributed by atoms with E-state index in [1.807, 2.05) is 30.5 Å². The van der Waals surface area contributed by atoms with Crippen molar-refractivity contribution in [3.63, 3.8) is 0 Å². The predicted octanol–water partition coefficient (Wildman–Crippen LogP) is 2.78. The lowest BCUT2D eigenvalue weighted by Gasteiger charge is -2.10. The smallest absolute Gasteiger partial charge is 0.151 e. The maximum atomic E-state index is 10.4. The summed E-state index contributed by atoms with van der Waals surface area (Å²) in [5, 5.41) is 26.4. The minimum absolute atomic E-state index is 0.175. The number of hydrogen-bond donors (Lipinski definition) is 2. The van der Waals surface area contributed by atoms with E-state index in [-0.39, 0.29) is 5.75 Å². The third-order valence-electron chi connectivity index (χ3n) is 4.06. The SMILES string of the molecule is Oc1cc(-n2cccn2)ccc1-c1cc2c(nn1)NCCCC2. The van der Waals surface area contributed by atoms with Crippen molar-refractivity contribution in [1.82, 2.24) is 20.0 Å². The lowest BCUT2D eigenvalue weighted by Crippen LogP contribution is -2.04. The summed E-state index contributed by atoms with van der Waals surface area (Å²) in [5.74, 6) is 1.03. The highest BCUT2D eigenvalue weighted by Crippen LogP contribution is 2.31. The van der Waals surface area contributed by atoms with Gasteiger partial charge in [0, 0.05) is 30.6 Å². The van der Waals surface area contributed by atoms with Crippen molar-refractivity contribution in [2.45, 2.75) is 19.3 Å². The van der Waals surface area contributed by atoms with Crippen molar-refractivity contribution >= 4 is 5.82 Å². The van der Waals surface area contributed by atoms with E-state index in [0.29, 0.717) is 11.3 Å². The molecular formula is C17H17N5O. The molecule has 0 unspecified atom stereocenters. The second-order valence-corrected chi connectivity index (χ2v) is 5.64. The molecule has 6 nitrogen and oxygen atoms in total. The third-order valence-corrected chi connectivity index (χ3v) is 4.06. The summed E-state index contributed by atoms with van der Waals surface area (Å²) >= 11 is 0. The maximum absolute atomic E-state index is 10.4. The Balaban J connectivity index is 1.72. The van der Waals surface area contributed by atoms with Crippen molar-refractivity contribution < 1.29 is 5.11 Å². The summed E-state index contributed by atoms with van der Waals surface area (Å²) in [7, 11) is 0. The molecule has 0 saturated heterocycles. The Morgan fingerprint density at radius 2 is 2.09 bits per heavy atom. The molecule has 0 atom stereocenters. The summed E-state index contributed by atoms with van der Waals surface area (Å²) < 4.78 is 1.70. The highest BCUT2D eigenvalue weighted by molar-refractivity contribution is 5.70. The van der Waals surface area contributed by atoms with Gasteiger partial charge in [0.1, 0.15) is 5.75 Å². The van der Waals surface area contributed by atoms with E-state index >= 15 is 0 Å². The molecule has 6 heteroatoms. The Bertz CT molecular complexity index is 829. The highest BCUT2D eigenvalue weighted by atomic mass is 16.3. The van der Waals surface area contributed by atoms with E-state index in [0.717, 1.165) is 42.9 Å². The van der Waals surface area contributed by atoms with Gasteiger partial charge in [-0.25, -0.2) is 4.68 Å². The third kappa shape index (κ3) is 2.63. The number of nitrogens with one attached hydrogen (secondary N) is 1. The first-order valence-corrected chi connectivity index (χ1v) is 7.75. The van der Waals surface area contributed by atoms with Crippen LogP contribution in [0, 0.1) is 0 Å². The van der Waals surface area contributed by atoms with Crippen LogP contribution in [0.3, 0.4) is 0 Å². The predicted molar refractivity (Wildman–Crippen MR) is 87.7 cm³/mol. The topological polar surface area (TPSA) is 75.9 Å². The molecule has 0 spiro atoms. The van der Waals surface area contributed by atoms with E-state index in [4.69, 9.17) is 0 Å². The van der Waals surface area contributed by atoms with Crippen LogP contribution in [0.1, 0.15) is 18.4 Å². The van der Waals surface area contributed by atoms with Crippen LogP contribution in [0.4, 0.5) is 5.82 Å². The van der Waals surface area contributed by atoms with Crippen molar-refractivity contribution in [2.75, 3.05) is 11.9 Å². The van der Waals surface area contributed by atoms with Gasteiger partial charge in [0.15, 0.2) is 5.82 Å². The zero-order valence-corrected chi connectivity index (χ0v) is 12.6. The van der Waals surface area contributed by atoms with Gasteiger partial charge in [0.25, 0.3) is 0 Å². The average Bonchev–Trinajstić information content (AvgIpc) is 3.00. The fraction of sp³-hybridized carbons (Fsp3) is 0.235. The van der Waals surface area contributed by atoms with Gasteiger partial charge >= 0.3 is 0 Å². The summed E-state index contributed by atoms with van der Waals surface area (Å²) in [6.07, 6.45) is 6.79. The number of nitrogens with zero attached hydrogens (tertiary/aromatic N) is 4. The minimum Gasteiger partial charge on any atom is -0.507 e. The number of rotatable bonds is 2. The van der Waals surface area contributed by atoms with Gasteiger partial charge in [0.2, 0.25) is 0 Å². The molecule has 0 amide bonds. The fourth-order valence-electron chi connectivity index (χ4n) is 2.85. The molecule has 0 fully saturated rings. The van der Waals surface area contributed by atoms with Crippen LogP contribution in [-0.4, -0.2) is 31.6 Å². The van der Waals surface area contributed by atoms with Crippen LogP contribution >= 0.6 is 0 Å². The summed E-state index contributed by atoms with van der Waals surface area (Å²) in [6, 6.07) is 9.31. The normalized spacial score (nSPS) is 13.9. The van der Waals surface area contributed by atoms with Gasteiger partial charge in [0.05, 0.1) is 11.4 Å². The molecular weight excluding hydrogens is 290 g/mol. The Kier molecular flexibility index (Phi) is 3.42. The van der Waals surface area contributed by atoms with Crippen LogP contribution in [0.15, 0.2) is 42.7 Å². The number of hydrogen-bond acceptors (Lipinski definition) is 5. The monoisotopic (exact) mass is 307 g/mol. The minimum atomic E-state index is 0.175. The molecule has 0 aliphatic carbocycles. The molecule has 1 aliphatic rings. The number of aromatic nitrogens is 4. The van der Waals surface area contributed by atoms with Gasteiger partial charge in [-0.15, -0.1) is 10.2 Å². The Labute approximate surface area is 133 Å². The second kappa shape index (κ2) is 5.72. The molecule has 0 radical (unpaired) electrons. The number of phenols is 1. The molecule has 0 bridgehead atoms. The lowest BCUT2D eigenvalue weighted by atomic mass is 10.1. The van der Waals surface area contributed by atoms with Gasteiger partial charge in [-0.1, -0.05) is 0 Å². The van der Waals surface area contributed by atoms with Crippen LogP contribution in [0.2, 0.25) is 0 Å². The number of anilines is 1. The molecule has 116 valence electrons. The number of aromatic hydroxyl groups is 1. The van der Waals surface area contributed by atoms with Crippen molar-refractivity contribution in [1.29, 1.82) is 0 Å². The Morgan fingerprint density at radius 3 is 2.91 bits per heavy atom. The van der Waals surface area contributed by atoms with Crippen LogP contribution in [0.25, 0.3) is 16.9 Å². The molecule has 1 aromatic carbocycles. The first kappa shape index (κ1) is 13.8. The van der Waals surface area contributed by atoms with Crippen molar-refractivity contribution in [3.05, 3.63) is 48.3 Å². The summed E-state index contributed by atoms with van der Waals surface area (Å²) in [5.41, 5.74) is 3.33. The number of phenolic OH excluding ortho intramolecular Hbond substituents is 1. The van der Waals surface area contributed by atoms with Crippen LogP contribution < -0.4 is 5.32 Å². The largest absolute Gasteiger partial charge is 0.507 e. The molecule has 23 heavy (non-hydrogen) atoms. The van der Waals surface area contributed by atoms with E-state index in [1.165, 1.54) is 0 Å². The van der Waals surface area contributed by atoms with E-state index in [1.54, 1.807) is 16.9 Å². The molecule has 0 saturated carbocycles. The van der Waals surface area contributed by atoms with E-state index < -0.39 is 0 Å². The van der Waals surface area contributed by atoms with Gasteiger partial charge in [-0.2, -0.15) is 5.10 Å². The molecule has 3 aromatic rings. The fourth-order valence-corrected chi connectivity index (χ4v) is 2.85. The summed E-state index contributed by atoms with van der Waals surface area (Å²) in [4.78, 5) is 0. The summed E-state index contributed by atoms with van der Waals surface area (Å²) in [6.45, 7) is 0.935.